The molecule has 0 bridgehead atoms. The molecule has 5 atom stereocenters. The van der Waals surface area contributed by atoms with E-state index < -0.39 is 42.6 Å². The monoisotopic (exact) mass is 409 g/mol. The third-order valence-corrected chi connectivity index (χ3v) is 4.89. The molecule has 2 rings (SSSR count). The summed E-state index contributed by atoms with van der Waals surface area (Å²) in [6.45, 7) is 2.55. The molecule has 0 aliphatic carbocycles. The van der Waals surface area contributed by atoms with Crippen LogP contribution in [-0.4, -0.2) is 64.4 Å². The van der Waals surface area contributed by atoms with Gasteiger partial charge in [0.1, 0.15) is 18.3 Å². The first-order valence-corrected chi connectivity index (χ1v) is 10.2. The summed E-state index contributed by atoms with van der Waals surface area (Å²) >= 11 is 0. The molecule has 1 aromatic rings. The van der Waals surface area contributed by atoms with Crippen LogP contribution in [0.3, 0.4) is 0 Å². The lowest BCUT2D eigenvalue weighted by atomic mass is 9.98. The second kappa shape index (κ2) is 11.9. The fraction of sp³-hybridized carbons (Fsp3) is 0.619. The van der Waals surface area contributed by atoms with Gasteiger partial charge in [-0.15, -0.1) is 0 Å². The number of hydrogen-bond donors (Lipinski definition) is 4. The Morgan fingerprint density at radius 3 is 2.31 bits per heavy atom. The van der Waals surface area contributed by atoms with Crippen molar-refractivity contribution in [2.24, 2.45) is 0 Å². The van der Waals surface area contributed by atoms with E-state index in [-0.39, 0.29) is 5.56 Å². The smallest absolute Gasteiger partial charge is 0.340 e. The second-order valence-electron chi connectivity index (χ2n) is 7.23. The molecule has 8 nitrogen and oxygen atoms in total. The Morgan fingerprint density at radius 2 is 1.62 bits per heavy atom. The molecule has 4 N–H and O–H groups in total. The molecule has 0 radical (unpaired) electrons. The van der Waals surface area contributed by atoms with Crippen LogP contribution in [0.1, 0.15) is 55.8 Å². The van der Waals surface area contributed by atoms with Crippen LogP contribution in [0.15, 0.2) is 30.3 Å². The van der Waals surface area contributed by atoms with Crippen LogP contribution in [0.4, 0.5) is 0 Å². The Morgan fingerprint density at radius 1 is 0.966 bits per heavy atom. The molecule has 8 heteroatoms. The highest BCUT2D eigenvalue weighted by Gasteiger charge is 2.48. The Balaban J connectivity index is 1.87. The maximum atomic E-state index is 12.4. The van der Waals surface area contributed by atoms with Crippen molar-refractivity contribution < 1.29 is 34.4 Å². The zero-order valence-electron chi connectivity index (χ0n) is 16.7. The minimum Gasteiger partial charge on any atom is -0.429 e. The Bertz CT molecular complexity index is 639. The number of carbonyl (C=O) groups excluding carboxylic acids is 2. The van der Waals surface area contributed by atoms with Crippen molar-refractivity contribution in [3.63, 3.8) is 0 Å². The summed E-state index contributed by atoms with van der Waals surface area (Å²) in [5, 5.41) is 32.9. The molecule has 1 aliphatic heterocycles. The molecule has 1 amide bonds. The van der Waals surface area contributed by atoms with Gasteiger partial charge in [0.15, 0.2) is 6.10 Å². The molecule has 1 aliphatic rings. The molecule has 1 aromatic carbocycles. The number of amides is 1. The van der Waals surface area contributed by atoms with Crippen LogP contribution in [0.25, 0.3) is 0 Å². The predicted molar refractivity (Wildman–Crippen MR) is 105 cm³/mol. The third kappa shape index (κ3) is 6.78. The molecule has 0 spiro atoms. The van der Waals surface area contributed by atoms with Crippen LogP contribution < -0.4 is 5.32 Å². The second-order valence-corrected chi connectivity index (χ2v) is 7.23. The van der Waals surface area contributed by atoms with Gasteiger partial charge in [-0.2, -0.15) is 0 Å². The van der Waals surface area contributed by atoms with Gasteiger partial charge in [-0.3, -0.25) is 4.79 Å². The van der Waals surface area contributed by atoms with Crippen LogP contribution >= 0.6 is 0 Å². The van der Waals surface area contributed by atoms with Gasteiger partial charge < -0.3 is 30.1 Å². The van der Waals surface area contributed by atoms with Crippen molar-refractivity contribution in [2.75, 3.05) is 6.54 Å². The number of carbonyl (C=O) groups is 2. The molecule has 1 unspecified atom stereocenters. The first-order valence-electron chi connectivity index (χ1n) is 10.2. The van der Waals surface area contributed by atoms with Crippen LogP contribution in [0, 0.1) is 0 Å². The average molecular weight is 409 g/mol. The minimum atomic E-state index is -1.69. The van der Waals surface area contributed by atoms with Gasteiger partial charge in [0, 0.05) is 6.54 Å². The van der Waals surface area contributed by atoms with Crippen LogP contribution in [-0.2, 0) is 14.3 Å². The van der Waals surface area contributed by atoms with E-state index in [1.54, 1.807) is 18.2 Å². The third-order valence-electron chi connectivity index (χ3n) is 4.89. The summed E-state index contributed by atoms with van der Waals surface area (Å²) in [7, 11) is 0. The van der Waals surface area contributed by atoms with Crippen molar-refractivity contribution >= 4 is 11.9 Å². The van der Waals surface area contributed by atoms with Crippen molar-refractivity contribution in [2.45, 2.75) is 76.2 Å². The van der Waals surface area contributed by atoms with Crippen LogP contribution in [0.5, 0.6) is 0 Å². The largest absolute Gasteiger partial charge is 0.429 e. The lowest BCUT2D eigenvalue weighted by Gasteiger charge is -2.39. The molecular weight excluding hydrogens is 378 g/mol. The number of benzene rings is 1. The van der Waals surface area contributed by atoms with Gasteiger partial charge in [-0.1, -0.05) is 57.2 Å². The molecular formula is C21H31NO7. The summed E-state index contributed by atoms with van der Waals surface area (Å²) in [6, 6.07) is 8.06. The van der Waals surface area contributed by atoms with Crippen molar-refractivity contribution in [1.82, 2.24) is 5.32 Å². The molecule has 0 saturated carbocycles. The molecule has 1 fully saturated rings. The molecule has 1 saturated heterocycles. The summed E-state index contributed by atoms with van der Waals surface area (Å²) in [6.07, 6.45) is -1.67. The highest BCUT2D eigenvalue weighted by Crippen LogP contribution is 2.23. The number of unbranched alkanes of at least 4 members (excludes halogenated alkanes) is 5. The Hall–Kier alpha value is -2.00. The van der Waals surface area contributed by atoms with Crippen LogP contribution in [0.2, 0.25) is 0 Å². The van der Waals surface area contributed by atoms with E-state index >= 15 is 0 Å². The fourth-order valence-electron chi connectivity index (χ4n) is 3.13. The molecule has 1 heterocycles. The van der Waals surface area contributed by atoms with E-state index in [0.29, 0.717) is 6.54 Å². The van der Waals surface area contributed by atoms with E-state index in [2.05, 4.69) is 12.2 Å². The lowest BCUT2D eigenvalue weighted by Crippen LogP contribution is -2.62. The first kappa shape index (κ1) is 23.3. The van der Waals surface area contributed by atoms with Gasteiger partial charge in [0.25, 0.3) is 5.91 Å². The maximum Gasteiger partial charge on any atom is 0.340 e. The SMILES string of the molecule is CCCCCCCCNC(=O)[C@H]1OC(OC(=O)c2ccccc2)[C@H](O)[C@@H](O)[C@@H]1O. The quantitative estimate of drug-likeness (QED) is 0.337. The number of nitrogens with one attached hydrogen (secondary N) is 1. The van der Waals surface area contributed by atoms with Gasteiger partial charge >= 0.3 is 5.97 Å². The van der Waals surface area contributed by atoms with E-state index in [4.69, 9.17) is 9.47 Å². The van der Waals surface area contributed by atoms with E-state index in [1.165, 1.54) is 18.6 Å². The number of aliphatic hydroxyl groups excluding tert-OH is 3. The maximum absolute atomic E-state index is 12.4. The summed E-state index contributed by atoms with van der Waals surface area (Å²) in [5.74, 6) is -1.40. The first-order chi connectivity index (χ1) is 14.0. The number of hydrogen-bond acceptors (Lipinski definition) is 7. The van der Waals surface area contributed by atoms with E-state index in [9.17, 15) is 24.9 Å². The fourth-order valence-corrected chi connectivity index (χ4v) is 3.13. The van der Waals surface area contributed by atoms with E-state index in [0.717, 1.165) is 32.1 Å². The van der Waals surface area contributed by atoms with Crippen molar-refractivity contribution in [3.8, 4) is 0 Å². The topological polar surface area (TPSA) is 125 Å². The van der Waals surface area contributed by atoms with Crippen molar-refractivity contribution in [3.05, 3.63) is 35.9 Å². The summed E-state index contributed by atoms with van der Waals surface area (Å²) < 4.78 is 10.4. The number of rotatable bonds is 10. The number of esters is 1. The summed E-state index contributed by atoms with van der Waals surface area (Å²) in [5.41, 5.74) is 0.230. The Kier molecular flexibility index (Phi) is 9.53. The minimum absolute atomic E-state index is 0.230. The van der Waals surface area contributed by atoms with Gasteiger partial charge in [0.2, 0.25) is 6.29 Å². The Labute approximate surface area is 170 Å². The van der Waals surface area contributed by atoms with Gasteiger partial charge in [-0.25, -0.2) is 4.79 Å². The standard InChI is InChI=1S/C21H31NO7/c1-2-3-4-5-6-10-13-22-19(26)18-16(24)15(23)17(25)21(28-18)29-20(27)14-11-8-7-9-12-14/h7-9,11-12,15-18,21,23-25H,2-6,10,13H2,1H3,(H,22,26)/t15-,16-,17+,18-,21?/m0/s1. The zero-order chi connectivity index (χ0) is 21.2. The van der Waals surface area contributed by atoms with E-state index in [1.807, 2.05) is 0 Å². The molecule has 162 valence electrons. The van der Waals surface area contributed by atoms with Gasteiger partial charge in [0.05, 0.1) is 5.56 Å². The molecule has 29 heavy (non-hydrogen) atoms. The highest BCUT2D eigenvalue weighted by molar-refractivity contribution is 5.89. The average Bonchev–Trinajstić information content (AvgIpc) is 2.73. The van der Waals surface area contributed by atoms with Crippen molar-refractivity contribution in [1.29, 1.82) is 0 Å². The summed E-state index contributed by atoms with van der Waals surface area (Å²) in [4.78, 5) is 24.6. The van der Waals surface area contributed by atoms with Gasteiger partial charge in [-0.05, 0) is 18.6 Å². The number of ether oxygens (including phenoxy) is 2. The number of aliphatic hydroxyl groups is 3. The predicted octanol–water partition coefficient (Wildman–Crippen LogP) is 1.13. The molecule has 0 aromatic heterocycles. The lowest BCUT2D eigenvalue weighted by molar-refractivity contribution is -0.274. The normalized spacial score (nSPS) is 26.7. The zero-order valence-corrected chi connectivity index (χ0v) is 16.7. The highest BCUT2D eigenvalue weighted by atomic mass is 16.7.